The molecule has 1 heterocycles. The summed E-state index contributed by atoms with van der Waals surface area (Å²) in [5.74, 6) is 0.318. The molecule has 0 aliphatic carbocycles. The van der Waals surface area contributed by atoms with Gasteiger partial charge in [0, 0.05) is 44.5 Å². The van der Waals surface area contributed by atoms with Gasteiger partial charge in [-0.1, -0.05) is 13.3 Å². The van der Waals surface area contributed by atoms with Crippen LogP contribution in [-0.4, -0.2) is 49.2 Å². The Hall–Kier alpha value is -1.55. The van der Waals surface area contributed by atoms with Crippen LogP contribution in [0.15, 0.2) is 24.3 Å². The first-order valence-electron chi connectivity index (χ1n) is 8.37. The van der Waals surface area contributed by atoms with E-state index < -0.39 is 0 Å². The Morgan fingerprint density at radius 1 is 1.36 bits per heavy atom. The quantitative estimate of drug-likeness (QED) is 0.879. The molecule has 0 saturated carbocycles. The van der Waals surface area contributed by atoms with Crippen LogP contribution >= 0.6 is 0 Å². The van der Waals surface area contributed by atoms with Crippen LogP contribution in [-0.2, 0) is 0 Å². The number of rotatable bonds is 6. The molecule has 1 aromatic carbocycles. The summed E-state index contributed by atoms with van der Waals surface area (Å²) in [5, 5.41) is 9.29. The van der Waals surface area contributed by atoms with Gasteiger partial charge >= 0.3 is 0 Å². The Kier molecular flexibility index (Phi) is 6.25. The van der Waals surface area contributed by atoms with E-state index in [0.717, 1.165) is 37.2 Å². The van der Waals surface area contributed by atoms with Crippen LogP contribution in [0, 0.1) is 5.92 Å². The average Bonchev–Trinajstić information content (AvgIpc) is 2.59. The first-order chi connectivity index (χ1) is 10.7. The van der Waals surface area contributed by atoms with Crippen LogP contribution in [0.2, 0.25) is 0 Å². The summed E-state index contributed by atoms with van der Waals surface area (Å²) in [4.78, 5) is 16.6. The van der Waals surface area contributed by atoms with Crippen LogP contribution in [0.25, 0.3) is 0 Å². The minimum absolute atomic E-state index is 0.0842. The molecule has 1 amide bonds. The molecule has 1 fully saturated rings. The van der Waals surface area contributed by atoms with Gasteiger partial charge in [-0.25, -0.2) is 0 Å². The van der Waals surface area contributed by atoms with Crippen molar-refractivity contribution in [3.63, 3.8) is 0 Å². The Bertz CT molecular complexity index is 472. The monoisotopic (exact) mass is 304 g/mol. The number of aliphatic hydroxyl groups excluding tert-OH is 1. The molecular formula is C18H28N2O2. The van der Waals surface area contributed by atoms with Crippen molar-refractivity contribution in [1.82, 2.24) is 4.90 Å². The lowest BCUT2D eigenvalue weighted by atomic mass is 9.98. The number of likely N-dealkylation sites (tertiary alicyclic amines) is 1. The number of piperidine rings is 1. The van der Waals surface area contributed by atoms with Crippen molar-refractivity contribution in [3.05, 3.63) is 29.8 Å². The SMILES string of the molecule is CCCCN(C)c1ccc(C(=O)N2CCCC(CO)C2)cc1. The zero-order chi connectivity index (χ0) is 15.9. The van der Waals surface area contributed by atoms with Gasteiger partial charge in [-0.2, -0.15) is 0 Å². The highest BCUT2D eigenvalue weighted by molar-refractivity contribution is 5.94. The zero-order valence-corrected chi connectivity index (χ0v) is 13.8. The minimum atomic E-state index is 0.0842. The third-order valence-electron chi connectivity index (χ3n) is 4.47. The molecule has 1 N–H and O–H groups in total. The summed E-state index contributed by atoms with van der Waals surface area (Å²) < 4.78 is 0. The fraction of sp³-hybridized carbons (Fsp3) is 0.611. The minimum Gasteiger partial charge on any atom is -0.396 e. The number of aliphatic hydroxyl groups is 1. The molecule has 0 radical (unpaired) electrons. The molecule has 1 aliphatic rings. The highest BCUT2D eigenvalue weighted by Gasteiger charge is 2.23. The Morgan fingerprint density at radius 3 is 2.73 bits per heavy atom. The predicted molar refractivity (Wildman–Crippen MR) is 90.3 cm³/mol. The largest absolute Gasteiger partial charge is 0.396 e. The standard InChI is InChI=1S/C18H28N2O2/c1-3-4-11-19(2)17-9-7-16(8-10-17)18(22)20-12-5-6-15(13-20)14-21/h7-10,15,21H,3-6,11-14H2,1-2H3. The maximum absolute atomic E-state index is 12.5. The van der Waals surface area contributed by atoms with Crippen molar-refractivity contribution >= 4 is 11.6 Å². The molecule has 1 aromatic rings. The van der Waals surface area contributed by atoms with Crippen molar-refractivity contribution in [1.29, 1.82) is 0 Å². The average molecular weight is 304 g/mol. The van der Waals surface area contributed by atoms with Crippen molar-refractivity contribution in [2.45, 2.75) is 32.6 Å². The van der Waals surface area contributed by atoms with Crippen molar-refractivity contribution in [2.75, 3.05) is 38.2 Å². The maximum atomic E-state index is 12.5. The topological polar surface area (TPSA) is 43.8 Å². The van der Waals surface area contributed by atoms with Crippen molar-refractivity contribution < 1.29 is 9.90 Å². The first-order valence-corrected chi connectivity index (χ1v) is 8.37. The second kappa shape index (κ2) is 8.18. The second-order valence-electron chi connectivity index (χ2n) is 6.26. The normalized spacial score (nSPS) is 18.3. The number of hydrogen-bond donors (Lipinski definition) is 1. The number of carbonyl (C=O) groups excluding carboxylic acids is 1. The molecule has 0 spiro atoms. The summed E-state index contributed by atoms with van der Waals surface area (Å²) in [6, 6.07) is 7.89. The molecule has 4 heteroatoms. The molecule has 0 bridgehead atoms. The number of nitrogens with zero attached hydrogens (tertiary/aromatic N) is 2. The van der Waals surface area contributed by atoms with E-state index in [1.165, 1.54) is 12.8 Å². The van der Waals surface area contributed by atoms with Gasteiger partial charge in [0.1, 0.15) is 0 Å². The lowest BCUT2D eigenvalue weighted by Gasteiger charge is -2.32. The number of anilines is 1. The van der Waals surface area contributed by atoms with Crippen LogP contribution in [0.1, 0.15) is 43.0 Å². The van der Waals surface area contributed by atoms with Gasteiger partial charge in [-0.3, -0.25) is 4.79 Å². The fourth-order valence-electron chi connectivity index (χ4n) is 2.96. The second-order valence-corrected chi connectivity index (χ2v) is 6.26. The van der Waals surface area contributed by atoms with Crippen molar-refractivity contribution in [3.8, 4) is 0 Å². The van der Waals surface area contributed by atoms with Crippen LogP contribution < -0.4 is 4.90 Å². The molecule has 1 unspecified atom stereocenters. The Labute approximate surface area is 133 Å². The summed E-state index contributed by atoms with van der Waals surface area (Å²) in [6.45, 7) is 4.87. The molecule has 1 atom stereocenters. The number of benzene rings is 1. The number of amides is 1. The van der Waals surface area contributed by atoms with Gasteiger partial charge in [0.15, 0.2) is 0 Å². The third kappa shape index (κ3) is 4.23. The first kappa shape index (κ1) is 16.8. The lowest BCUT2D eigenvalue weighted by Crippen LogP contribution is -2.40. The van der Waals surface area contributed by atoms with E-state index in [4.69, 9.17) is 0 Å². The van der Waals surface area contributed by atoms with E-state index in [0.29, 0.717) is 6.54 Å². The highest BCUT2D eigenvalue weighted by Crippen LogP contribution is 2.20. The number of unbranched alkanes of at least 4 members (excludes halogenated alkanes) is 1. The zero-order valence-electron chi connectivity index (χ0n) is 13.8. The van der Waals surface area contributed by atoms with E-state index in [2.05, 4.69) is 18.9 Å². The highest BCUT2D eigenvalue weighted by atomic mass is 16.3. The summed E-state index contributed by atoms with van der Waals surface area (Å²) in [5.41, 5.74) is 1.89. The third-order valence-corrected chi connectivity index (χ3v) is 4.47. The van der Waals surface area contributed by atoms with Gasteiger partial charge in [0.05, 0.1) is 0 Å². The predicted octanol–water partition coefficient (Wildman–Crippen LogP) is 2.77. The molecule has 1 aliphatic heterocycles. The summed E-state index contributed by atoms with van der Waals surface area (Å²) in [7, 11) is 2.09. The van der Waals surface area contributed by atoms with Crippen molar-refractivity contribution in [2.24, 2.45) is 5.92 Å². The van der Waals surface area contributed by atoms with Crippen LogP contribution in [0.4, 0.5) is 5.69 Å². The van der Waals surface area contributed by atoms with Gasteiger partial charge in [0.25, 0.3) is 5.91 Å². The molecule has 22 heavy (non-hydrogen) atoms. The molecule has 0 aromatic heterocycles. The number of carbonyl (C=O) groups is 1. The van der Waals surface area contributed by atoms with Crippen LogP contribution in [0.3, 0.4) is 0 Å². The molecule has 2 rings (SSSR count). The fourth-order valence-corrected chi connectivity index (χ4v) is 2.96. The Balaban J connectivity index is 1.98. The van der Waals surface area contributed by atoms with E-state index in [9.17, 15) is 9.90 Å². The van der Waals surface area contributed by atoms with E-state index in [-0.39, 0.29) is 18.4 Å². The molecule has 122 valence electrons. The molecule has 1 saturated heterocycles. The number of hydrogen-bond acceptors (Lipinski definition) is 3. The van der Waals surface area contributed by atoms with Gasteiger partial charge in [-0.15, -0.1) is 0 Å². The Morgan fingerprint density at radius 2 is 2.09 bits per heavy atom. The van der Waals surface area contributed by atoms with E-state index >= 15 is 0 Å². The van der Waals surface area contributed by atoms with E-state index in [1.807, 2.05) is 29.2 Å². The van der Waals surface area contributed by atoms with Gasteiger partial charge < -0.3 is 14.9 Å². The molecular weight excluding hydrogens is 276 g/mol. The molecule has 4 nitrogen and oxygen atoms in total. The van der Waals surface area contributed by atoms with Crippen LogP contribution in [0.5, 0.6) is 0 Å². The summed E-state index contributed by atoms with van der Waals surface area (Å²) in [6.07, 6.45) is 4.35. The van der Waals surface area contributed by atoms with Gasteiger partial charge in [0.2, 0.25) is 0 Å². The lowest BCUT2D eigenvalue weighted by molar-refractivity contribution is 0.0621. The summed E-state index contributed by atoms with van der Waals surface area (Å²) >= 11 is 0. The van der Waals surface area contributed by atoms with E-state index in [1.54, 1.807) is 0 Å². The maximum Gasteiger partial charge on any atom is 0.253 e. The van der Waals surface area contributed by atoms with Gasteiger partial charge in [-0.05, 0) is 49.4 Å². The smallest absolute Gasteiger partial charge is 0.253 e.